The number of thiophene rings is 1. The fourth-order valence-electron chi connectivity index (χ4n) is 7.73. The average Bonchev–Trinajstić information content (AvgIpc) is 3.79. The van der Waals surface area contributed by atoms with Gasteiger partial charge in [0.25, 0.3) is 0 Å². The largest absolute Gasteiger partial charge is 0.355 e. The Balaban J connectivity index is 1.13. The number of H-pyrrole nitrogens is 1. The Kier molecular flexibility index (Phi) is 7.70. The molecule has 0 saturated carbocycles. The molecule has 6 heterocycles. The highest BCUT2D eigenvalue weighted by Gasteiger charge is 2.47. The minimum absolute atomic E-state index is 0.0211. The summed E-state index contributed by atoms with van der Waals surface area (Å²) in [6.45, 7) is 13.6. The summed E-state index contributed by atoms with van der Waals surface area (Å²) in [6, 6.07) is 9.77. The van der Waals surface area contributed by atoms with Gasteiger partial charge in [-0.15, -0.1) is 22.7 Å². The van der Waals surface area contributed by atoms with Crippen LogP contribution in [0.1, 0.15) is 78.9 Å². The molecule has 232 valence electrons. The van der Waals surface area contributed by atoms with Crippen molar-refractivity contribution in [3.63, 3.8) is 0 Å². The molecule has 3 fully saturated rings. The molecule has 1 atom stereocenters. The summed E-state index contributed by atoms with van der Waals surface area (Å²) in [5.41, 5.74) is 5.37. The van der Waals surface area contributed by atoms with E-state index in [0.717, 1.165) is 65.7 Å². The summed E-state index contributed by atoms with van der Waals surface area (Å²) in [6.07, 6.45) is 6.43. The van der Waals surface area contributed by atoms with Crippen LogP contribution >= 0.6 is 22.7 Å². The van der Waals surface area contributed by atoms with E-state index in [9.17, 15) is 9.59 Å². The Bertz CT molecular complexity index is 1660. The van der Waals surface area contributed by atoms with E-state index in [4.69, 9.17) is 0 Å². The van der Waals surface area contributed by atoms with Crippen LogP contribution < -0.4 is 5.32 Å². The van der Waals surface area contributed by atoms with Crippen molar-refractivity contribution in [2.24, 2.45) is 5.92 Å². The summed E-state index contributed by atoms with van der Waals surface area (Å²) < 4.78 is 0. The number of hydrogen-bond acceptors (Lipinski definition) is 6. The number of hydrogen-bond donors (Lipinski definition) is 2. The monoisotopic (exact) mass is 629 g/mol. The molecule has 3 saturated heterocycles. The first kappa shape index (κ1) is 29.7. The van der Waals surface area contributed by atoms with E-state index in [0.29, 0.717) is 18.6 Å². The smallest absolute Gasteiger partial charge is 0.233 e. The van der Waals surface area contributed by atoms with Gasteiger partial charge in [-0.3, -0.25) is 14.5 Å². The number of nitrogens with zero attached hydrogens (tertiary/aromatic N) is 3. The summed E-state index contributed by atoms with van der Waals surface area (Å²) in [5, 5.41) is 7.54. The Morgan fingerprint density at radius 1 is 1.07 bits per heavy atom. The predicted molar refractivity (Wildman–Crippen MR) is 179 cm³/mol. The van der Waals surface area contributed by atoms with E-state index >= 15 is 0 Å². The van der Waals surface area contributed by atoms with E-state index in [2.05, 4.69) is 84.0 Å². The fourth-order valence-corrected chi connectivity index (χ4v) is 9.55. The number of thiazole rings is 1. The highest BCUT2D eigenvalue weighted by Crippen LogP contribution is 2.45. The molecule has 0 aliphatic carbocycles. The third kappa shape index (κ3) is 5.31. The number of carbonyl (C=O) groups excluding carboxylic acids is 2. The quantitative estimate of drug-likeness (QED) is 0.215. The van der Waals surface area contributed by atoms with Crippen LogP contribution in [0.25, 0.3) is 21.5 Å². The van der Waals surface area contributed by atoms with Gasteiger partial charge >= 0.3 is 0 Å². The van der Waals surface area contributed by atoms with Crippen LogP contribution in [0.2, 0.25) is 0 Å². The standard InChI is InChI=1S/C35H43N5O2S2/c1-20-12-21(2)14-23(13-20)31-30(22(3)16-37-32(41)24-17-39(18-24)19-29-36-10-11-43-29)27-15-28(44-33(27)38-31)35(4,5)34(42)40-25-6-7-26(40)9-8-25/h10-15,22,24-26,38H,6-9,16-19H2,1-5H3,(H,37,41)/t22-,25?,26?/m1/s1. The van der Waals surface area contributed by atoms with Crippen LogP contribution in [0.15, 0.2) is 35.8 Å². The summed E-state index contributed by atoms with van der Waals surface area (Å²) in [4.78, 5) is 42.0. The zero-order valence-electron chi connectivity index (χ0n) is 26.4. The number of amides is 2. The van der Waals surface area contributed by atoms with Crippen LogP contribution in [-0.2, 0) is 21.5 Å². The van der Waals surface area contributed by atoms with E-state index in [1.165, 1.54) is 27.6 Å². The second-order valence-electron chi connectivity index (χ2n) is 13.9. The highest BCUT2D eigenvalue weighted by atomic mass is 32.1. The van der Waals surface area contributed by atoms with E-state index < -0.39 is 5.41 Å². The number of aryl methyl sites for hydroxylation is 2. The first-order valence-electron chi connectivity index (χ1n) is 16.0. The maximum Gasteiger partial charge on any atom is 0.233 e. The molecule has 2 N–H and O–H groups in total. The van der Waals surface area contributed by atoms with Crippen molar-refractivity contribution in [1.82, 2.24) is 25.1 Å². The molecule has 1 aromatic carbocycles. The molecule has 0 unspecified atom stereocenters. The molecule has 2 bridgehead atoms. The lowest BCUT2D eigenvalue weighted by Crippen LogP contribution is -2.53. The Morgan fingerprint density at radius 3 is 2.39 bits per heavy atom. The zero-order valence-corrected chi connectivity index (χ0v) is 28.0. The number of carbonyl (C=O) groups is 2. The van der Waals surface area contributed by atoms with Crippen molar-refractivity contribution in [3.8, 4) is 11.3 Å². The van der Waals surface area contributed by atoms with Crippen LogP contribution in [-0.4, -0.2) is 63.3 Å². The molecule has 4 aromatic rings. The molecule has 44 heavy (non-hydrogen) atoms. The lowest BCUT2D eigenvalue weighted by Gasteiger charge is -2.37. The molecule has 2 amide bonds. The highest BCUT2D eigenvalue weighted by molar-refractivity contribution is 7.19. The van der Waals surface area contributed by atoms with Gasteiger partial charge in [-0.25, -0.2) is 4.98 Å². The second-order valence-corrected chi connectivity index (χ2v) is 15.9. The minimum atomic E-state index is -0.584. The molecular weight excluding hydrogens is 587 g/mol. The first-order chi connectivity index (χ1) is 21.1. The molecule has 3 aliphatic rings. The minimum Gasteiger partial charge on any atom is -0.355 e. The van der Waals surface area contributed by atoms with E-state index in [1.54, 1.807) is 22.7 Å². The van der Waals surface area contributed by atoms with Crippen molar-refractivity contribution < 1.29 is 9.59 Å². The molecule has 3 aromatic heterocycles. The molecule has 0 spiro atoms. The number of benzene rings is 1. The van der Waals surface area contributed by atoms with Gasteiger partial charge < -0.3 is 15.2 Å². The second kappa shape index (κ2) is 11.4. The number of aromatic amines is 1. The average molecular weight is 630 g/mol. The predicted octanol–water partition coefficient (Wildman–Crippen LogP) is 6.75. The van der Waals surface area contributed by atoms with Gasteiger partial charge in [-0.1, -0.05) is 24.1 Å². The van der Waals surface area contributed by atoms with Gasteiger partial charge in [0.2, 0.25) is 11.8 Å². The fraction of sp³-hybridized carbons (Fsp3) is 0.514. The third-order valence-electron chi connectivity index (χ3n) is 10.1. The van der Waals surface area contributed by atoms with Crippen molar-refractivity contribution in [3.05, 3.63) is 62.4 Å². The maximum absolute atomic E-state index is 14.0. The molecular formula is C35H43N5O2S2. The van der Waals surface area contributed by atoms with Gasteiger partial charge in [0.1, 0.15) is 9.84 Å². The normalized spacial score (nSPS) is 21.2. The number of fused-ring (bicyclic) bond motifs is 3. The van der Waals surface area contributed by atoms with E-state index in [1.807, 2.05) is 11.6 Å². The molecule has 0 radical (unpaired) electrons. The van der Waals surface area contributed by atoms with Crippen LogP contribution in [0, 0.1) is 19.8 Å². The third-order valence-corrected chi connectivity index (χ3v) is 12.3. The number of likely N-dealkylation sites (tertiary alicyclic amines) is 1. The molecule has 9 heteroatoms. The lowest BCUT2D eigenvalue weighted by atomic mass is 9.88. The Hall–Kier alpha value is -3.01. The van der Waals surface area contributed by atoms with Gasteiger partial charge in [-0.2, -0.15) is 0 Å². The lowest BCUT2D eigenvalue weighted by molar-refractivity contribution is -0.137. The summed E-state index contributed by atoms with van der Waals surface area (Å²) in [7, 11) is 0. The SMILES string of the molecule is Cc1cc(C)cc(-c2[nH]c3sc(C(C)(C)C(=O)N4C5CCC4CC5)cc3c2[C@H](C)CNC(=O)C2CN(Cc3nccs3)C2)c1. The summed E-state index contributed by atoms with van der Waals surface area (Å²) >= 11 is 3.38. The molecule has 7 nitrogen and oxygen atoms in total. The van der Waals surface area contributed by atoms with Gasteiger partial charge in [0.15, 0.2) is 0 Å². The number of nitrogens with one attached hydrogen (secondary N) is 2. The van der Waals surface area contributed by atoms with Crippen LogP contribution in [0.4, 0.5) is 0 Å². The Morgan fingerprint density at radius 2 is 1.75 bits per heavy atom. The van der Waals surface area contributed by atoms with Gasteiger partial charge in [0.05, 0.1) is 23.6 Å². The Labute approximate surface area is 268 Å². The van der Waals surface area contributed by atoms with Gasteiger partial charge in [0, 0.05) is 59.5 Å². The van der Waals surface area contributed by atoms with Crippen LogP contribution in [0.5, 0.6) is 0 Å². The molecule has 3 aliphatic heterocycles. The van der Waals surface area contributed by atoms with Crippen molar-refractivity contribution >= 4 is 44.7 Å². The van der Waals surface area contributed by atoms with E-state index in [-0.39, 0.29) is 23.7 Å². The summed E-state index contributed by atoms with van der Waals surface area (Å²) in [5.74, 6) is 0.510. The number of aromatic nitrogens is 2. The molecule has 7 rings (SSSR count). The van der Waals surface area contributed by atoms with Crippen molar-refractivity contribution in [1.29, 1.82) is 0 Å². The topological polar surface area (TPSA) is 81.3 Å². The van der Waals surface area contributed by atoms with Gasteiger partial charge in [-0.05, 0) is 82.7 Å². The number of rotatable bonds is 9. The van der Waals surface area contributed by atoms with Crippen molar-refractivity contribution in [2.75, 3.05) is 19.6 Å². The van der Waals surface area contributed by atoms with Crippen molar-refractivity contribution in [2.45, 2.75) is 90.3 Å². The zero-order chi connectivity index (χ0) is 30.7. The van der Waals surface area contributed by atoms with Crippen LogP contribution in [0.3, 0.4) is 0 Å². The maximum atomic E-state index is 14.0. The first-order valence-corrected chi connectivity index (χ1v) is 17.7.